The fraction of sp³-hybridized carbons (Fsp3) is 0.273. The van der Waals surface area contributed by atoms with Gasteiger partial charge in [-0.1, -0.05) is 12.1 Å². The maximum Gasteiger partial charge on any atom is 0.307 e. The summed E-state index contributed by atoms with van der Waals surface area (Å²) in [7, 11) is 1.42. The van der Waals surface area contributed by atoms with Crippen molar-refractivity contribution in [2.24, 2.45) is 0 Å². The molecule has 0 unspecified atom stereocenters. The number of aliphatic carboxylic acids is 2. The number of carboxylic acids is 2. The Bertz CT molecular complexity index is 411. The van der Waals surface area contributed by atoms with Crippen molar-refractivity contribution in [3.63, 3.8) is 0 Å². The SMILES string of the molecule is COc1cc(CC(=O)O)ccc1CC(=O)O. The van der Waals surface area contributed by atoms with E-state index in [-0.39, 0.29) is 12.8 Å². The number of hydrogen-bond acceptors (Lipinski definition) is 3. The van der Waals surface area contributed by atoms with Crippen molar-refractivity contribution in [3.8, 4) is 5.75 Å². The van der Waals surface area contributed by atoms with Crippen LogP contribution in [0.3, 0.4) is 0 Å². The van der Waals surface area contributed by atoms with Crippen molar-refractivity contribution in [3.05, 3.63) is 29.3 Å². The van der Waals surface area contributed by atoms with Crippen molar-refractivity contribution in [2.75, 3.05) is 7.11 Å². The van der Waals surface area contributed by atoms with Gasteiger partial charge in [-0.05, 0) is 11.6 Å². The molecule has 0 aliphatic rings. The number of carbonyl (C=O) groups is 2. The predicted octanol–water partition coefficient (Wildman–Crippen LogP) is 0.949. The van der Waals surface area contributed by atoms with E-state index in [0.29, 0.717) is 16.9 Å². The summed E-state index contributed by atoms with van der Waals surface area (Å²) in [6, 6.07) is 4.71. The molecular formula is C11H12O5. The molecule has 0 aliphatic heterocycles. The van der Waals surface area contributed by atoms with E-state index in [9.17, 15) is 9.59 Å². The largest absolute Gasteiger partial charge is 0.496 e. The second kappa shape index (κ2) is 5.16. The number of carboxylic acid groups (broad SMARTS) is 2. The Morgan fingerprint density at radius 1 is 1.19 bits per heavy atom. The molecular weight excluding hydrogens is 212 g/mol. The number of methoxy groups -OCH3 is 1. The second-order valence-corrected chi connectivity index (χ2v) is 3.29. The molecule has 0 bridgehead atoms. The van der Waals surface area contributed by atoms with Crippen molar-refractivity contribution in [1.29, 1.82) is 0 Å². The zero-order valence-electron chi connectivity index (χ0n) is 8.77. The monoisotopic (exact) mass is 224 g/mol. The average Bonchev–Trinajstić information content (AvgIpc) is 2.18. The van der Waals surface area contributed by atoms with Crippen LogP contribution in [0, 0.1) is 0 Å². The first-order valence-electron chi connectivity index (χ1n) is 4.62. The van der Waals surface area contributed by atoms with Gasteiger partial charge in [-0.15, -0.1) is 0 Å². The van der Waals surface area contributed by atoms with Crippen molar-refractivity contribution in [1.82, 2.24) is 0 Å². The molecule has 0 aromatic heterocycles. The lowest BCUT2D eigenvalue weighted by molar-refractivity contribution is -0.137. The van der Waals surface area contributed by atoms with Crippen LogP contribution in [0.15, 0.2) is 18.2 Å². The molecule has 2 N–H and O–H groups in total. The van der Waals surface area contributed by atoms with E-state index in [1.54, 1.807) is 18.2 Å². The zero-order valence-corrected chi connectivity index (χ0v) is 8.77. The normalized spacial score (nSPS) is 9.81. The highest BCUT2D eigenvalue weighted by atomic mass is 16.5. The summed E-state index contributed by atoms with van der Waals surface area (Å²) in [6.45, 7) is 0. The van der Waals surface area contributed by atoms with Crippen molar-refractivity contribution in [2.45, 2.75) is 12.8 Å². The zero-order chi connectivity index (χ0) is 12.1. The summed E-state index contributed by atoms with van der Waals surface area (Å²) < 4.78 is 5.01. The minimum absolute atomic E-state index is 0.107. The molecule has 16 heavy (non-hydrogen) atoms. The molecule has 5 nitrogen and oxygen atoms in total. The van der Waals surface area contributed by atoms with E-state index < -0.39 is 11.9 Å². The first kappa shape index (κ1) is 12.0. The molecule has 0 spiro atoms. The number of ether oxygens (including phenoxy) is 1. The highest BCUT2D eigenvalue weighted by molar-refractivity contribution is 5.72. The molecule has 0 saturated heterocycles. The van der Waals surface area contributed by atoms with E-state index in [1.807, 2.05) is 0 Å². The fourth-order valence-corrected chi connectivity index (χ4v) is 1.38. The van der Waals surface area contributed by atoms with Crippen LogP contribution in [-0.4, -0.2) is 29.3 Å². The molecule has 1 rings (SSSR count). The minimum Gasteiger partial charge on any atom is -0.496 e. The van der Waals surface area contributed by atoms with E-state index in [2.05, 4.69) is 0 Å². The second-order valence-electron chi connectivity index (χ2n) is 3.29. The molecule has 0 amide bonds. The van der Waals surface area contributed by atoms with Gasteiger partial charge in [-0.25, -0.2) is 0 Å². The van der Waals surface area contributed by atoms with Gasteiger partial charge in [0.05, 0.1) is 20.0 Å². The summed E-state index contributed by atoms with van der Waals surface area (Å²) >= 11 is 0. The van der Waals surface area contributed by atoms with Gasteiger partial charge in [-0.2, -0.15) is 0 Å². The molecule has 0 aliphatic carbocycles. The third kappa shape index (κ3) is 3.27. The summed E-state index contributed by atoms with van der Waals surface area (Å²) in [4.78, 5) is 21.0. The molecule has 0 radical (unpaired) electrons. The third-order valence-electron chi connectivity index (χ3n) is 2.05. The third-order valence-corrected chi connectivity index (χ3v) is 2.05. The fourth-order valence-electron chi connectivity index (χ4n) is 1.38. The number of rotatable bonds is 5. The molecule has 0 heterocycles. The summed E-state index contributed by atoms with van der Waals surface area (Å²) in [5.74, 6) is -1.49. The summed E-state index contributed by atoms with van der Waals surface area (Å²) in [5.41, 5.74) is 1.11. The van der Waals surface area contributed by atoms with Gasteiger partial charge in [0, 0.05) is 5.56 Å². The van der Waals surface area contributed by atoms with Gasteiger partial charge < -0.3 is 14.9 Å². The summed E-state index contributed by atoms with van der Waals surface area (Å²) in [6.07, 6.45) is -0.250. The van der Waals surface area contributed by atoms with Crippen LogP contribution < -0.4 is 4.74 Å². The van der Waals surface area contributed by atoms with E-state index in [4.69, 9.17) is 14.9 Å². The van der Waals surface area contributed by atoms with Crippen LogP contribution in [0.1, 0.15) is 11.1 Å². The van der Waals surface area contributed by atoms with Crippen molar-refractivity contribution < 1.29 is 24.5 Å². The maximum absolute atomic E-state index is 10.5. The first-order chi connectivity index (χ1) is 7.52. The molecule has 86 valence electrons. The van der Waals surface area contributed by atoms with E-state index >= 15 is 0 Å². The van der Waals surface area contributed by atoms with Gasteiger partial charge in [0.1, 0.15) is 5.75 Å². The molecule has 1 aromatic carbocycles. The molecule has 5 heteroatoms. The van der Waals surface area contributed by atoms with Crippen LogP contribution >= 0.6 is 0 Å². The van der Waals surface area contributed by atoms with Crippen LogP contribution in [0.5, 0.6) is 5.75 Å². The average molecular weight is 224 g/mol. The Balaban J connectivity index is 2.96. The van der Waals surface area contributed by atoms with Gasteiger partial charge in [-0.3, -0.25) is 9.59 Å². The summed E-state index contributed by atoms with van der Waals surface area (Å²) in [5, 5.41) is 17.3. The standard InChI is InChI=1S/C11H12O5/c1-16-9-4-7(5-10(12)13)2-3-8(9)6-11(14)15/h2-4H,5-6H2,1H3,(H,12,13)(H,14,15). The van der Waals surface area contributed by atoms with Gasteiger partial charge in [0.2, 0.25) is 0 Å². The van der Waals surface area contributed by atoms with Crippen LogP contribution in [0.2, 0.25) is 0 Å². The molecule has 0 saturated carbocycles. The number of benzene rings is 1. The number of hydrogen-bond donors (Lipinski definition) is 2. The smallest absolute Gasteiger partial charge is 0.307 e. The minimum atomic E-state index is -0.954. The molecule has 1 aromatic rings. The Morgan fingerprint density at radius 2 is 1.81 bits per heavy atom. The van der Waals surface area contributed by atoms with E-state index in [1.165, 1.54) is 7.11 Å². The Kier molecular flexibility index (Phi) is 3.88. The van der Waals surface area contributed by atoms with Crippen LogP contribution in [-0.2, 0) is 22.4 Å². The topological polar surface area (TPSA) is 83.8 Å². The van der Waals surface area contributed by atoms with Crippen LogP contribution in [0.4, 0.5) is 0 Å². The Morgan fingerprint density at radius 3 is 2.31 bits per heavy atom. The first-order valence-corrected chi connectivity index (χ1v) is 4.62. The van der Waals surface area contributed by atoms with Gasteiger partial charge in [0.25, 0.3) is 0 Å². The van der Waals surface area contributed by atoms with E-state index in [0.717, 1.165) is 0 Å². The maximum atomic E-state index is 10.5. The lowest BCUT2D eigenvalue weighted by Crippen LogP contribution is -2.04. The highest BCUT2D eigenvalue weighted by Crippen LogP contribution is 2.21. The lowest BCUT2D eigenvalue weighted by atomic mass is 10.1. The van der Waals surface area contributed by atoms with Crippen molar-refractivity contribution >= 4 is 11.9 Å². The molecule has 0 atom stereocenters. The Hall–Kier alpha value is -2.04. The Labute approximate surface area is 92.3 Å². The predicted molar refractivity (Wildman–Crippen MR) is 55.7 cm³/mol. The highest BCUT2D eigenvalue weighted by Gasteiger charge is 2.09. The lowest BCUT2D eigenvalue weighted by Gasteiger charge is -2.08. The van der Waals surface area contributed by atoms with Crippen LogP contribution in [0.25, 0.3) is 0 Å². The van der Waals surface area contributed by atoms with Gasteiger partial charge in [0.15, 0.2) is 0 Å². The quantitative estimate of drug-likeness (QED) is 0.777. The van der Waals surface area contributed by atoms with Gasteiger partial charge >= 0.3 is 11.9 Å². The molecule has 0 fully saturated rings.